The van der Waals surface area contributed by atoms with Crippen LogP contribution in [-0.2, 0) is 6.11 Å². The number of halogens is 6. The second kappa shape index (κ2) is 8.06. The summed E-state index contributed by atoms with van der Waals surface area (Å²) in [5.41, 5.74) is -1.60. The quantitative estimate of drug-likeness (QED) is 0.341. The second-order valence-electron chi connectivity index (χ2n) is 6.01. The van der Waals surface area contributed by atoms with Crippen LogP contribution in [0.2, 0.25) is 0 Å². The lowest BCUT2D eigenvalue weighted by atomic mass is 10.1. The fourth-order valence-corrected chi connectivity index (χ4v) is 2.66. The maximum Gasteiger partial charge on any atom is 0.432 e. The van der Waals surface area contributed by atoms with Crippen molar-refractivity contribution >= 4 is 10.8 Å². The van der Waals surface area contributed by atoms with Crippen LogP contribution in [0.25, 0.3) is 10.8 Å². The molecule has 0 fully saturated rings. The summed E-state index contributed by atoms with van der Waals surface area (Å²) in [4.78, 5) is 0. The predicted octanol–water partition coefficient (Wildman–Crippen LogP) is 6.48. The number of ether oxygens (including phenoxy) is 2. The predicted molar refractivity (Wildman–Crippen MR) is 95.1 cm³/mol. The van der Waals surface area contributed by atoms with Crippen LogP contribution < -0.4 is 9.47 Å². The number of hydrogen-bond acceptors (Lipinski definition) is 2. The monoisotopic (exact) mass is 412 g/mol. The molecule has 0 N–H and O–H groups in total. The Labute approximate surface area is 162 Å². The minimum Gasteiger partial charge on any atom is -0.489 e. The van der Waals surface area contributed by atoms with Gasteiger partial charge >= 0.3 is 6.11 Å². The normalized spacial score (nSPS) is 12.0. The largest absolute Gasteiger partial charge is 0.489 e. The van der Waals surface area contributed by atoms with E-state index in [4.69, 9.17) is 4.74 Å². The molecular formula is C21H14F6O2. The molecule has 0 aliphatic carbocycles. The molecule has 29 heavy (non-hydrogen) atoms. The van der Waals surface area contributed by atoms with Crippen LogP contribution in [0.15, 0.2) is 54.6 Å². The highest BCUT2D eigenvalue weighted by Gasteiger charge is 2.41. The van der Waals surface area contributed by atoms with Crippen molar-refractivity contribution in [2.24, 2.45) is 0 Å². The third-order valence-corrected chi connectivity index (χ3v) is 4.01. The summed E-state index contributed by atoms with van der Waals surface area (Å²) < 4.78 is 93.7. The number of benzene rings is 3. The highest BCUT2D eigenvalue weighted by molar-refractivity contribution is 5.84. The van der Waals surface area contributed by atoms with Crippen LogP contribution in [0.4, 0.5) is 26.3 Å². The Morgan fingerprint density at radius 2 is 1.55 bits per heavy atom. The first-order chi connectivity index (χ1) is 13.7. The van der Waals surface area contributed by atoms with Gasteiger partial charge in [0.25, 0.3) is 0 Å². The van der Waals surface area contributed by atoms with E-state index >= 15 is 0 Å². The highest BCUT2D eigenvalue weighted by atomic mass is 19.3. The van der Waals surface area contributed by atoms with Gasteiger partial charge in [0.05, 0.1) is 0 Å². The van der Waals surface area contributed by atoms with Gasteiger partial charge in [-0.2, -0.15) is 8.78 Å². The zero-order valence-electron chi connectivity index (χ0n) is 15.0. The maximum atomic E-state index is 14.5. The molecule has 0 heterocycles. The van der Waals surface area contributed by atoms with Gasteiger partial charge in [-0.25, -0.2) is 17.6 Å². The Morgan fingerprint density at radius 1 is 0.862 bits per heavy atom. The third-order valence-electron chi connectivity index (χ3n) is 4.01. The molecule has 3 aromatic rings. The fourth-order valence-electron chi connectivity index (χ4n) is 2.66. The van der Waals surface area contributed by atoms with E-state index in [1.807, 2.05) is 0 Å². The molecule has 0 amide bonds. The van der Waals surface area contributed by atoms with Crippen molar-refractivity contribution < 1.29 is 35.8 Å². The molecule has 0 radical (unpaired) electrons. The maximum absolute atomic E-state index is 14.5. The molecule has 0 spiro atoms. The van der Waals surface area contributed by atoms with Gasteiger partial charge in [-0.05, 0) is 36.6 Å². The molecule has 0 unspecified atom stereocenters. The van der Waals surface area contributed by atoms with Crippen molar-refractivity contribution in [3.63, 3.8) is 0 Å². The van der Waals surface area contributed by atoms with Gasteiger partial charge in [0.2, 0.25) is 0 Å². The van der Waals surface area contributed by atoms with Crippen LogP contribution >= 0.6 is 0 Å². The van der Waals surface area contributed by atoms with E-state index in [2.05, 4.69) is 4.74 Å². The average molecular weight is 412 g/mol. The average Bonchev–Trinajstić information content (AvgIpc) is 2.64. The molecule has 2 nitrogen and oxygen atoms in total. The van der Waals surface area contributed by atoms with Gasteiger partial charge in [0, 0.05) is 17.5 Å². The zero-order chi connectivity index (χ0) is 21.2. The summed E-state index contributed by atoms with van der Waals surface area (Å²) in [7, 11) is 0. The Hall–Kier alpha value is -3.16. The molecule has 0 atom stereocenters. The summed E-state index contributed by atoms with van der Waals surface area (Å²) >= 11 is 0. The van der Waals surface area contributed by atoms with E-state index in [-0.39, 0.29) is 23.1 Å². The van der Waals surface area contributed by atoms with E-state index in [9.17, 15) is 26.3 Å². The second-order valence-corrected chi connectivity index (χ2v) is 6.01. The van der Waals surface area contributed by atoms with Gasteiger partial charge in [0.1, 0.15) is 35.3 Å². The van der Waals surface area contributed by atoms with Crippen LogP contribution in [0.3, 0.4) is 0 Å². The Morgan fingerprint density at radius 3 is 2.21 bits per heavy atom. The van der Waals surface area contributed by atoms with Crippen LogP contribution in [-0.4, -0.2) is 6.61 Å². The van der Waals surface area contributed by atoms with Crippen molar-refractivity contribution in [1.29, 1.82) is 0 Å². The van der Waals surface area contributed by atoms with Crippen molar-refractivity contribution in [3.8, 4) is 11.5 Å². The lowest BCUT2D eigenvalue weighted by Crippen LogP contribution is -2.25. The first-order valence-electron chi connectivity index (χ1n) is 8.41. The summed E-state index contributed by atoms with van der Waals surface area (Å²) in [6, 6.07) is 6.22. The third kappa shape index (κ3) is 4.31. The molecule has 3 rings (SSSR count). The van der Waals surface area contributed by atoms with Gasteiger partial charge in [-0.3, -0.25) is 0 Å². The van der Waals surface area contributed by atoms with Gasteiger partial charge < -0.3 is 9.47 Å². The molecule has 0 saturated carbocycles. The topological polar surface area (TPSA) is 18.5 Å². The van der Waals surface area contributed by atoms with Crippen LogP contribution in [0.5, 0.6) is 11.5 Å². The smallest absolute Gasteiger partial charge is 0.432 e. The van der Waals surface area contributed by atoms with E-state index in [0.717, 1.165) is 30.3 Å². The highest BCUT2D eigenvalue weighted by Crippen LogP contribution is 2.37. The van der Waals surface area contributed by atoms with Crippen molar-refractivity contribution in [1.82, 2.24) is 0 Å². The minimum atomic E-state index is -4.37. The lowest BCUT2D eigenvalue weighted by Gasteiger charge is -2.20. The van der Waals surface area contributed by atoms with Gasteiger partial charge in [0.15, 0.2) is 11.6 Å². The summed E-state index contributed by atoms with van der Waals surface area (Å²) in [6.45, 7) is 1.72. The van der Waals surface area contributed by atoms with Crippen LogP contribution in [0, 0.1) is 23.3 Å². The zero-order valence-corrected chi connectivity index (χ0v) is 15.0. The Bertz CT molecular complexity index is 1060. The Balaban J connectivity index is 1.91. The molecule has 3 aromatic carbocycles. The molecule has 8 heteroatoms. The molecule has 152 valence electrons. The number of hydrogen-bond donors (Lipinski definition) is 0. The molecule has 0 aromatic heterocycles. The first-order valence-corrected chi connectivity index (χ1v) is 8.41. The number of alkyl halides is 2. The van der Waals surface area contributed by atoms with E-state index in [1.54, 1.807) is 19.1 Å². The molecule has 0 aliphatic heterocycles. The van der Waals surface area contributed by atoms with Gasteiger partial charge in [-0.15, -0.1) is 0 Å². The van der Waals surface area contributed by atoms with Crippen molar-refractivity contribution in [2.45, 2.75) is 13.0 Å². The van der Waals surface area contributed by atoms with Crippen LogP contribution in [0.1, 0.15) is 12.5 Å². The molecule has 0 saturated heterocycles. The van der Waals surface area contributed by atoms with E-state index in [0.29, 0.717) is 12.1 Å². The summed E-state index contributed by atoms with van der Waals surface area (Å²) in [6.07, 6.45) is -1.16. The molecular weight excluding hydrogens is 398 g/mol. The number of allylic oxidation sites excluding steroid dienone is 1. The van der Waals surface area contributed by atoms with Gasteiger partial charge in [-0.1, -0.05) is 18.2 Å². The van der Waals surface area contributed by atoms with E-state index < -0.39 is 40.7 Å². The lowest BCUT2D eigenvalue weighted by molar-refractivity contribution is -0.189. The SMILES string of the molecule is CC=CCOc1cc(F)c(C(F)(F)Oc2ccc3c(F)c(F)ccc3c2)c(F)c1. The van der Waals surface area contributed by atoms with Crippen molar-refractivity contribution in [3.05, 3.63) is 83.4 Å². The summed E-state index contributed by atoms with van der Waals surface area (Å²) in [5, 5.41) is -0.0773. The van der Waals surface area contributed by atoms with Crippen molar-refractivity contribution in [2.75, 3.05) is 6.61 Å². The fraction of sp³-hybridized carbons (Fsp3) is 0.143. The Kier molecular flexibility index (Phi) is 5.72. The minimum absolute atomic E-state index is 0.00978. The molecule has 0 aliphatic rings. The molecule has 0 bridgehead atoms. The van der Waals surface area contributed by atoms with E-state index in [1.165, 1.54) is 0 Å². The first kappa shape index (κ1) is 20.6. The standard InChI is InChI=1S/C21H14F6O2/c1-2-3-8-28-14-10-17(23)19(18(24)11-14)21(26,27)29-13-5-6-15-12(9-13)4-7-16(22)20(15)25/h2-7,9-11H,8H2,1H3. The number of rotatable bonds is 6. The number of fused-ring (bicyclic) bond motifs is 1. The summed E-state index contributed by atoms with van der Waals surface area (Å²) in [5.74, 6) is -6.11.